The summed E-state index contributed by atoms with van der Waals surface area (Å²) in [5.74, 6) is 0.444. The molecule has 76 valence electrons. The van der Waals surface area contributed by atoms with Crippen molar-refractivity contribution < 1.29 is 5.11 Å². The first kappa shape index (κ1) is 9.44. The monoisotopic (exact) mass is 184 g/mol. The van der Waals surface area contributed by atoms with Gasteiger partial charge in [-0.2, -0.15) is 0 Å². The lowest BCUT2D eigenvalue weighted by Gasteiger charge is -2.36. The highest BCUT2D eigenvalue weighted by Crippen LogP contribution is 2.24. The Morgan fingerprint density at radius 3 is 2.77 bits per heavy atom. The lowest BCUT2D eigenvalue weighted by Crippen LogP contribution is -2.50. The fourth-order valence-corrected chi connectivity index (χ4v) is 2.17. The third-order valence-electron chi connectivity index (χ3n) is 3.20. The summed E-state index contributed by atoms with van der Waals surface area (Å²) in [6, 6.07) is 1.33. The topological polar surface area (TPSA) is 35.5 Å². The third kappa shape index (κ3) is 2.42. The molecule has 2 fully saturated rings. The number of nitrogens with zero attached hydrogens (tertiary/aromatic N) is 1. The van der Waals surface area contributed by atoms with Crippen LogP contribution >= 0.6 is 0 Å². The van der Waals surface area contributed by atoms with E-state index in [1.54, 1.807) is 0 Å². The molecule has 2 N–H and O–H groups in total. The molecule has 1 saturated carbocycles. The molecule has 1 saturated heterocycles. The number of aliphatic hydroxyl groups is 1. The predicted octanol–water partition coefficient (Wildman–Crippen LogP) is 0.0510. The molecule has 2 atom stereocenters. The van der Waals surface area contributed by atoms with Crippen LogP contribution in [-0.2, 0) is 0 Å². The molecule has 0 amide bonds. The summed E-state index contributed by atoms with van der Waals surface area (Å²) in [5.41, 5.74) is 0. The van der Waals surface area contributed by atoms with Gasteiger partial charge in [-0.05, 0) is 32.9 Å². The van der Waals surface area contributed by atoms with Crippen LogP contribution in [-0.4, -0.2) is 48.8 Å². The van der Waals surface area contributed by atoms with Gasteiger partial charge in [0.2, 0.25) is 0 Å². The van der Waals surface area contributed by atoms with Gasteiger partial charge in [-0.1, -0.05) is 0 Å². The fraction of sp³-hybridized carbons (Fsp3) is 1.00. The molecule has 3 nitrogen and oxygen atoms in total. The molecule has 1 aliphatic heterocycles. The molecular formula is C10H20N2O. The van der Waals surface area contributed by atoms with Gasteiger partial charge in [0.15, 0.2) is 0 Å². The molecule has 0 bridgehead atoms. The number of aliphatic hydroxyl groups excluding tert-OH is 1. The predicted molar refractivity (Wildman–Crippen MR) is 52.6 cm³/mol. The maximum Gasteiger partial charge on any atom is 0.0486 e. The molecule has 0 aromatic rings. The van der Waals surface area contributed by atoms with Crippen LogP contribution in [0, 0.1) is 5.92 Å². The zero-order valence-corrected chi connectivity index (χ0v) is 8.37. The summed E-state index contributed by atoms with van der Waals surface area (Å²) in [7, 11) is 2.13. The van der Waals surface area contributed by atoms with Gasteiger partial charge < -0.3 is 15.3 Å². The quantitative estimate of drug-likeness (QED) is 0.650. The minimum atomic E-state index is 0.328. The Hall–Kier alpha value is -0.120. The van der Waals surface area contributed by atoms with Crippen molar-refractivity contribution in [2.45, 2.75) is 31.3 Å². The molecule has 0 spiro atoms. The first-order valence-electron chi connectivity index (χ1n) is 5.35. The summed E-state index contributed by atoms with van der Waals surface area (Å²) in [5, 5.41) is 12.9. The number of hydrogen-bond acceptors (Lipinski definition) is 3. The Balaban J connectivity index is 1.84. The summed E-state index contributed by atoms with van der Waals surface area (Å²) in [6.07, 6.45) is 3.87. The third-order valence-corrected chi connectivity index (χ3v) is 3.20. The normalized spacial score (nSPS) is 36.5. The molecule has 0 aromatic carbocycles. The molecule has 13 heavy (non-hydrogen) atoms. The first-order valence-corrected chi connectivity index (χ1v) is 5.35. The molecule has 1 aliphatic carbocycles. The van der Waals surface area contributed by atoms with Crippen molar-refractivity contribution in [1.29, 1.82) is 0 Å². The van der Waals surface area contributed by atoms with E-state index in [0.29, 0.717) is 18.6 Å². The lowest BCUT2D eigenvalue weighted by atomic mass is 9.93. The largest absolute Gasteiger partial charge is 0.396 e. The van der Waals surface area contributed by atoms with Crippen molar-refractivity contribution in [2.24, 2.45) is 5.92 Å². The van der Waals surface area contributed by atoms with Gasteiger partial charge in [0.05, 0.1) is 0 Å². The van der Waals surface area contributed by atoms with E-state index in [9.17, 15) is 5.11 Å². The maximum absolute atomic E-state index is 9.25. The fourth-order valence-electron chi connectivity index (χ4n) is 2.17. The number of likely N-dealkylation sites (tertiary alicyclic amines) is 1. The van der Waals surface area contributed by atoms with Crippen molar-refractivity contribution in [2.75, 3.05) is 26.7 Å². The minimum Gasteiger partial charge on any atom is -0.396 e. The molecule has 1 heterocycles. The Morgan fingerprint density at radius 1 is 1.38 bits per heavy atom. The van der Waals surface area contributed by atoms with Gasteiger partial charge in [-0.3, -0.25) is 0 Å². The highest BCUT2D eigenvalue weighted by Gasteiger charge is 2.31. The van der Waals surface area contributed by atoms with Crippen LogP contribution in [0.4, 0.5) is 0 Å². The lowest BCUT2D eigenvalue weighted by molar-refractivity contribution is 0.104. The Kier molecular flexibility index (Phi) is 2.86. The SMILES string of the molecule is CN1CCC(NC2CC2)C(CO)C1. The zero-order valence-electron chi connectivity index (χ0n) is 8.37. The van der Waals surface area contributed by atoms with Gasteiger partial charge >= 0.3 is 0 Å². The van der Waals surface area contributed by atoms with E-state index in [1.165, 1.54) is 25.8 Å². The zero-order chi connectivity index (χ0) is 9.26. The average molecular weight is 184 g/mol. The van der Waals surface area contributed by atoms with Crippen molar-refractivity contribution in [3.8, 4) is 0 Å². The summed E-state index contributed by atoms with van der Waals surface area (Å²) >= 11 is 0. The van der Waals surface area contributed by atoms with Crippen LogP contribution in [0.15, 0.2) is 0 Å². The molecule has 0 radical (unpaired) electrons. The van der Waals surface area contributed by atoms with E-state index in [-0.39, 0.29) is 0 Å². The van der Waals surface area contributed by atoms with Gasteiger partial charge in [-0.15, -0.1) is 0 Å². The van der Waals surface area contributed by atoms with Crippen molar-refractivity contribution in [3.05, 3.63) is 0 Å². The Bertz CT molecular complexity index is 170. The second-order valence-electron chi connectivity index (χ2n) is 4.54. The van der Waals surface area contributed by atoms with Crippen molar-refractivity contribution >= 4 is 0 Å². The molecule has 2 aliphatic rings. The van der Waals surface area contributed by atoms with E-state index < -0.39 is 0 Å². The van der Waals surface area contributed by atoms with Gasteiger partial charge in [0, 0.05) is 31.2 Å². The molecular weight excluding hydrogens is 164 g/mol. The van der Waals surface area contributed by atoms with E-state index in [4.69, 9.17) is 0 Å². The van der Waals surface area contributed by atoms with Crippen LogP contribution in [0.2, 0.25) is 0 Å². The smallest absolute Gasteiger partial charge is 0.0486 e. The van der Waals surface area contributed by atoms with E-state index in [2.05, 4.69) is 17.3 Å². The van der Waals surface area contributed by atoms with Crippen LogP contribution in [0.1, 0.15) is 19.3 Å². The van der Waals surface area contributed by atoms with Crippen LogP contribution < -0.4 is 5.32 Å². The second kappa shape index (κ2) is 3.95. The molecule has 2 rings (SSSR count). The molecule has 3 heteroatoms. The standard InChI is InChI=1S/C10H20N2O/c1-12-5-4-10(8(6-12)7-13)11-9-2-3-9/h8-11,13H,2-7H2,1H3. The summed E-state index contributed by atoms with van der Waals surface area (Å²) in [6.45, 7) is 2.54. The molecule has 2 unspecified atom stereocenters. The summed E-state index contributed by atoms with van der Waals surface area (Å²) in [4.78, 5) is 2.31. The maximum atomic E-state index is 9.25. The highest BCUT2D eigenvalue weighted by atomic mass is 16.3. The summed E-state index contributed by atoms with van der Waals surface area (Å²) < 4.78 is 0. The van der Waals surface area contributed by atoms with E-state index in [1.807, 2.05) is 0 Å². The van der Waals surface area contributed by atoms with Crippen LogP contribution in [0.3, 0.4) is 0 Å². The number of piperidine rings is 1. The number of nitrogens with one attached hydrogen (secondary N) is 1. The Labute approximate surface area is 80.1 Å². The highest BCUT2D eigenvalue weighted by molar-refractivity contribution is 4.90. The van der Waals surface area contributed by atoms with Crippen molar-refractivity contribution in [3.63, 3.8) is 0 Å². The number of rotatable bonds is 3. The van der Waals surface area contributed by atoms with E-state index >= 15 is 0 Å². The number of hydrogen-bond donors (Lipinski definition) is 2. The molecule has 0 aromatic heterocycles. The van der Waals surface area contributed by atoms with Gasteiger partial charge in [0.1, 0.15) is 0 Å². The van der Waals surface area contributed by atoms with E-state index in [0.717, 1.165) is 12.6 Å². The van der Waals surface area contributed by atoms with Gasteiger partial charge in [-0.25, -0.2) is 0 Å². The average Bonchev–Trinajstić information content (AvgIpc) is 2.92. The second-order valence-corrected chi connectivity index (χ2v) is 4.54. The van der Waals surface area contributed by atoms with Crippen LogP contribution in [0.25, 0.3) is 0 Å². The van der Waals surface area contributed by atoms with Crippen molar-refractivity contribution in [1.82, 2.24) is 10.2 Å². The Morgan fingerprint density at radius 2 is 2.15 bits per heavy atom. The van der Waals surface area contributed by atoms with Crippen LogP contribution in [0.5, 0.6) is 0 Å². The van der Waals surface area contributed by atoms with Gasteiger partial charge in [0.25, 0.3) is 0 Å². The first-order chi connectivity index (χ1) is 6.29. The minimum absolute atomic E-state index is 0.328.